The second-order valence-corrected chi connectivity index (χ2v) is 5.85. The maximum atomic E-state index is 14.3. The smallest absolute Gasteiger partial charge is 0.258 e. The molecule has 0 unspecified atom stereocenters. The number of hydrogen-bond acceptors (Lipinski definition) is 4. The van der Waals surface area contributed by atoms with E-state index in [0.29, 0.717) is 17.1 Å². The van der Waals surface area contributed by atoms with Gasteiger partial charge in [0.1, 0.15) is 22.5 Å². The molecular formula is C17H16ClFN2O3. The lowest BCUT2D eigenvalue weighted by molar-refractivity contribution is 0.0765. The zero-order valence-corrected chi connectivity index (χ0v) is 14.3. The predicted molar refractivity (Wildman–Crippen MR) is 87.1 cm³/mol. The Morgan fingerprint density at radius 3 is 2.75 bits per heavy atom. The summed E-state index contributed by atoms with van der Waals surface area (Å²) in [5, 5.41) is 0.0399. The van der Waals surface area contributed by atoms with Crippen LogP contribution in [-0.4, -0.2) is 30.0 Å². The number of carbonyl (C=O) groups is 1. The van der Waals surface area contributed by atoms with Gasteiger partial charge in [0.05, 0.1) is 32.0 Å². The van der Waals surface area contributed by atoms with E-state index >= 15 is 0 Å². The van der Waals surface area contributed by atoms with Crippen LogP contribution >= 0.6 is 11.6 Å². The maximum absolute atomic E-state index is 14.3. The summed E-state index contributed by atoms with van der Waals surface area (Å²) in [6.45, 7) is 1.95. The van der Waals surface area contributed by atoms with Crippen molar-refractivity contribution in [2.24, 2.45) is 0 Å². The van der Waals surface area contributed by atoms with Crippen LogP contribution in [0.5, 0.6) is 11.5 Å². The van der Waals surface area contributed by atoms with Crippen molar-refractivity contribution in [3.8, 4) is 11.5 Å². The van der Waals surface area contributed by atoms with E-state index in [9.17, 15) is 9.18 Å². The quantitative estimate of drug-likeness (QED) is 0.793. The van der Waals surface area contributed by atoms with Crippen LogP contribution in [0.3, 0.4) is 0 Å². The number of ether oxygens (including phenoxy) is 2. The molecule has 5 nitrogen and oxygen atoms in total. The fraction of sp³-hybridized carbons (Fsp3) is 0.294. The summed E-state index contributed by atoms with van der Waals surface area (Å²) in [6.07, 6.45) is 0. The van der Waals surface area contributed by atoms with Gasteiger partial charge in [-0.1, -0.05) is 11.6 Å². The Labute approximate surface area is 144 Å². The van der Waals surface area contributed by atoms with Crippen LogP contribution in [0.2, 0.25) is 5.15 Å². The first kappa shape index (κ1) is 16.5. The van der Waals surface area contributed by atoms with Crippen LogP contribution in [0.25, 0.3) is 0 Å². The van der Waals surface area contributed by atoms with Crippen LogP contribution in [0.4, 0.5) is 4.39 Å². The monoisotopic (exact) mass is 350 g/mol. The molecule has 0 atom stereocenters. The Kier molecular flexibility index (Phi) is 4.32. The van der Waals surface area contributed by atoms with Crippen LogP contribution in [0.15, 0.2) is 18.2 Å². The molecule has 0 saturated carbocycles. The molecule has 0 saturated heterocycles. The molecule has 1 aromatic heterocycles. The zero-order chi connectivity index (χ0) is 17.4. The van der Waals surface area contributed by atoms with Gasteiger partial charge in [0.2, 0.25) is 0 Å². The van der Waals surface area contributed by atoms with E-state index in [4.69, 9.17) is 21.1 Å². The van der Waals surface area contributed by atoms with Crippen molar-refractivity contribution in [1.82, 2.24) is 9.88 Å². The SMILES string of the molecule is COc1ccc(CN2Cc3c(F)c(C)nc(Cl)c3C2=O)c(OC)c1. The van der Waals surface area contributed by atoms with E-state index in [1.54, 1.807) is 26.4 Å². The number of nitrogens with zero attached hydrogens (tertiary/aromatic N) is 2. The van der Waals surface area contributed by atoms with Crippen molar-refractivity contribution in [1.29, 1.82) is 0 Å². The fourth-order valence-corrected chi connectivity index (χ4v) is 3.13. The van der Waals surface area contributed by atoms with E-state index in [1.165, 1.54) is 11.8 Å². The molecule has 0 radical (unpaired) electrons. The summed E-state index contributed by atoms with van der Waals surface area (Å²) in [4.78, 5) is 18.0. The van der Waals surface area contributed by atoms with E-state index < -0.39 is 5.82 Å². The molecule has 0 spiro atoms. The van der Waals surface area contributed by atoms with Crippen LogP contribution in [0, 0.1) is 12.7 Å². The number of rotatable bonds is 4. The molecule has 1 aromatic carbocycles. The van der Waals surface area contributed by atoms with Crippen molar-refractivity contribution in [2.75, 3.05) is 14.2 Å². The number of hydrogen-bond donors (Lipinski definition) is 0. The highest BCUT2D eigenvalue weighted by Gasteiger charge is 2.34. The Balaban J connectivity index is 1.92. The lowest BCUT2D eigenvalue weighted by Gasteiger charge is -2.18. The van der Waals surface area contributed by atoms with Gasteiger partial charge in [-0.15, -0.1) is 0 Å². The number of aryl methyl sites for hydroxylation is 1. The summed E-state index contributed by atoms with van der Waals surface area (Å²) >= 11 is 6.04. The number of carbonyl (C=O) groups excluding carboxylic acids is 1. The molecule has 7 heteroatoms. The number of aromatic nitrogens is 1. The molecule has 2 aromatic rings. The van der Waals surface area contributed by atoms with Gasteiger partial charge in [0, 0.05) is 23.7 Å². The minimum Gasteiger partial charge on any atom is -0.497 e. The largest absolute Gasteiger partial charge is 0.497 e. The van der Waals surface area contributed by atoms with E-state index in [2.05, 4.69) is 4.98 Å². The van der Waals surface area contributed by atoms with Gasteiger partial charge in [-0.05, 0) is 19.1 Å². The zero-order valence-electron chi connectivity index (χ0n) is 13.5. The van der Waals surface area contributed by atoms with E-state index in [0.717, 1.165) is 5.56 Å². The highest BCUT2D eigenvalue weighted by atomic mass is 35.5. The molecule has 1 aliphatic heterocycles. The van der Waals surface area contributed by atoms with Gasteiger partial charge in [-0.2, -0.15) is 0 Å². The van der Waals surface area contributed by atoms with Crippen LogP contribution < -0.4 is 9.47 Å². The Hall–Kier alpha value is -2.34. The number of amides is 1. The van der Waals surface area contributed by atoms with Gasteiger partial charge in [0.25, 0.3) is 5.91 Å². The Morgan fingerprint density at radius 1 is 1.33 bits per heavy atom. The molecule has 126 valence electrons. The van der Waals surface area contributed by atoms with Crippen molar-refractivity contribution >= 4 is 17.5 Å². The maximum Gasteiger partial charge on any atom is 0.258 e. The number of pyridine rings is 1. The minimum absolute atomic E-state index is 0.0399. The first-order valence-corrected chi connectivity index (χ1v) is 7.68. The summed E-state index contributed by atoms with van der Waals surface area (Å²) in [7, 11) is 3.11. The summed E-state index contributed by atoms with van der Waals surface area (Å²) in [5.41, 5.74) is 1.42. The molecule has 1 amide bonds. The molecule has 3 rings (SSSR count). The van der Waals surface area contributed by atoms with Crippen LogP contribution in [0.1, 0.15) is 27.2 Å². The lowest BCUT2D eigenvalue weighted by atomic mass is 10.1. The van der Waals surface area contributed by atoms with E-state index in [1.807, 2.05) is 6.07 Å². The second kappa shape index (κ2) is 6.28. The first-order valence-electron chi connectivity index (χ1n) is 7.31. The predicted octanol–water partition coefficient (Wildman–Crippen LogP) is 3.36. The van der Waals surface area contributed by atoms with Crippen molar-refractivity contribution in [2.45, 2.75) is 20.0 Å². The molecule has 0 aliphatic carbocycles. The minimum atomic E-state index is -0.480. The molecule has 0 N–H and O–H groups in total. The summed E-state index contributed by atoms with van der Waals surface area (Å²) in [5.74, 6) is 0.436. The third-order valence-corrected chi connectivity index (χ3v) is 4.34. The molecule has 0 bridgehead atoms. The number of benzene rings is 1. The van der Waals surface area contributed by atoms with Crippen LogP contribution in [-0.2, 0) is 13.1 Å². The average Bonchev–Trinajstić information content (AvgIpc) is 2.90. The summed E-state index contributed by atoms with van der Waals surface area (Å²) in [6, 6.07) is 5.34. The van der Waals surface area contributed by atoms with E-state index in [-0.39, 0.29) is 35.4 Å². The van der Waals surface area contributed by atoms with Gasteiger partial charge in [-0.25, -0.2) is 9.37 Å². The van der Waals surface area contributed by atoms with Crippen molar-refractivity contribution < 1.29 is 18.7 Å². The van der Waals surface area contributed by atoms with Gasteiger partial charge in [0.15, 0.2) is 0 Å². The normalized spacial score (nSPS) is 13.2. The third-order valence-electron chi connectivity index (χ3n) is 4.06. The third kappa shape index (κ3) is 2.67. The number of halogens is 2. The van der Waals surface area contributed by atoms with Gasteiger partial charge < -0.3 is 14.4 Å². The van der Waals surface area contributed by atoms with Gasteiger partial charge in [-0.3, -0.25) is 4.79 Å². The number of methoxy groups -OCH3 is 2. The molecule has 24 heavy (non-hydrogen) atoms. The topological polar surface area (TPSA) is 51.7 Å². The summed E-state index contributed by atoms with van der Waals surface area (Å²) < 4.78 is 24.8. The standard InChI is InChI=1S/C17H16ClFN2O3/c1-9-15(19)12-8-21(17(22)14(12)16(18)20-9)7-10-4-5-11(23-2)6-13(10)24-3/h4-6H,7-8H2,1-3H3. The average molecular weight is 351 g/mol. The lowest BCUT2D eigenvalue weighted by Crippen LogP contribution is -2.23. The molecule has 2 heterocycles. The Bertz CT molecular complexity index is 826. The van der Waals surface area contributed by atoms with Gasteiger partial charge >= 0.3 is 0 Å². The molecule has 1 aliphatic rings. The van der Waals surface area contributed by atoms with Crippen molar-refractivity contribution in [3.05, 3.63) is 51.6 Å². The molecule has 0 fully saturated rings. The highest BCUT2D eigenvalue weighted by molar-refractivity contribution is 6.33. The second-order valence-electron chi connectivity index (χ2n) is 5.49. The molecular weight excluding hydrogens is 335 g/mol. The fourth-order valence-electron chi connectivity index (χ4n) is 2.81. The van der Waals surface area contributed by atoms with Crippen molar-refractivity contribution in [3.63, 3.8) is 0 Å². The number of fused-ring (bicyclic) bond motifs is 1. The first-order chi connectivity index (χ1) is 11.5. The Morgan fingerprint density at radius 2 is 2.08 bits per heavy atom. The highest BCUT2D eigenvalue weighted by Crippen LogP contribution is 2.34.